The monoisotopic (exact) mass is 289 g/mol. The van der Waals surface area contributed by atoms with Crippen molar-refractivity contribution >= 4 is 0 Å². The average Bonchev–Trinajstić information content (AvgIpc) is 3.05. The lowest BCUT2D eigenvalue weighted by atomic mass is 10.1. The number of ether oxygens (including phenoxy) is 1. The number of hydrogen-bond donors (Lipinski definition) is 1. The first-order valence-electron chi connectivity index (χ1n) is 7.36. The molecule has 0 saturated carbocycles. The molecule has 1 aliphatic rings. The Hall–Kier alpha value is -1.88. The van der Waals surface area contributed by atoms with E-state index in [0.717, 1.165) is 36.4 Å². The first-order chi connectivity index (χ1) is 10.2. The van der Waals surface area contributed by atoms with Gasteiger partial charge in [-0.1, -0.05) is 6.92 Å². The van der Waals surface area contributed by atoms with E-state index in [2.05, 4.69) is 16.5 Å². The molecule has 0 spiro atoms. The summed E-state index contributed by atoms with van der Waals surface area (Å²) in [5.74, 6) is 1.55. The van der Waals surface area contributed by atoms with Crippen LogP contribution < -0.4 is 10.5 Å². The van der Waals surface area contributed by atoms with Crippen LogP contribution in [0.5, 0.6) is 5.75 Å². The summed E-state index contributed by atoms with van der Waals surface area (Å²) in [4.78, 5) is 4.38. The van der Waals surface area contributed by atoms with E-state index in [1.165, 1.54) is 6.07 Å². The van der Waals surface area contributed by atoms with Crippen molar-refractivity contribution in [2.45, 2.75) is 44.9 Å². The molecule has 2 N–H and O–H groups in total. The van der Waals surface area contributed by atoms with Crippen LogP contribution in [0.25, 0.3) is 0 Å². The fourth-order valence-electron chi connectivity index (χ4n) is 2.69. The maximum Gasteiger partial charge on any atom is 0.123 e. The minimum Gasteiger partial charge on any atom is -0.488 e. The topological polar surface area (TPSA) is 53.1 Å². The van der Waals surface area contributed by atoms with Crippen LogP contribution in [0.1, 0.15) is 24.7 Å². The molecule has 5 heteroatoms. The highest BCUT2D eigenvalue weighted by Gasteiger charge is 2.24. The first kappa shape index (κ1) is 14.1. The highest BCUT2D eigenvalue weighted by Crippen LogP contribution is 2.30. The number of imidazole rings is 1. The van der Waals surface area contributed by atoms with Crippen LogP contribution in [-0.4, -0.2) is 21.7 Å². The van der Waals surface area contributed by atoms with Crippen LogP contribution in [-0.2, 0) is 19.4 Å². The lowest BCUT2D eigenvalue weighted by Gasteiger charge is -2.15. The molecule has 2 unspecified atom stereocenters. The van der Waals surface area contributed by atoms with E-state index in [1.807, 2.05) is 6.20 Å². The van der Waals surface area contributed by atoms with Gasteiger partial charge in [0.2, 0.25) is 0 Å². The van der Waals surface area contributed by atoms with Crippen LogP contribution in [0.2, 0.25) is 0 Å². The summed E-state index contributed by atoms with van der Waals surface area (Å²) in [6, 6.07) is 4.82. The molecule has 1 aromatic heterocycles. The van der Waals surface area contributed by atoms with Crippen LogP contribution >= 0.6 is 0 Å². The number of halogens is 1. The van der Waals surface area contributed by atoms with Crippen molar-refractivity contribution < 1.29 is 9.13 Å². The van der Waals surface area contributed by atoms with Crippen molar-refractivity contribution in [3.63, 3.8) is 0 Å². The average molecular weight is 289 g/mol. The number of benzene rings is 1. The van der Waals surface area contributed by atoms with Crippen molar-refractivity contribution in [3.05, 3.63) is 47.8 Å². The fraction of sp³-hybridized carbons (Fsp3) is 0.438. The molecule has 4 nitrogen and oxygen atoms in total. The molecule has 0 saturated heterocycles. The van der Waals surface area contributed by atoms with E-state index in [9.17, 15) is 4.39 Å². The molecule has 1 aliphatic heterocycles. The fourth-order valence-corrected chi connectivity index (χ4v) is 2.69. The minimum absolute atomic E-state index is 0.0209. The van der Waals surface area contributed by atoms with Crippen molar-refractivity contribution in [1.29, 1.82) is 0 Å². The number of nitrogens with two attached hydrogens (primary N) is 1. The predicted octanol–water partition coefficient (Wildman–Crippen LogP) is 2.31. The molecule has 0 amide bonds. The Kier molecular flexibility index (Phi) is 3.92. The van der Waals surface area contributed by atoms with E-state index in [4.69, 9.17) is 10.5 Å². The summed E-state index contributed by atoms with van der Waals surface area (Å²) >= 11 is 0. The van der Waals surface area contributed by atoms with Crippen LogP contribution in [0.4, 0.5) is 4.39 Å². The van der Waals surface area contributed by atoms with E-state index < -0.39 is 0 Å². The van der Waals surface area contributed by atoms with Gasteiger partial charge in [-0.05, 0) is 24.6 Å². The standard InChI is InChI=1S/C16H20FN3O/c1-2-13(18)9-16-19-5-6-20(16)10-14-8-11-7-12(17)3-4-15(11)21-14/h3-7,13-14H,2,8-10,18H2,1H3. The van der Waals surface area contributed by atoms with Crippen LogP contribution in [0, 0.1) is 5.82 Å². The van der Waals surface area contributed by atoms with Gasteiger partial charge in [-0.2, -0.15) is 0 Å². The lowest BCUT2D eigenvalue weighted by Crippen LogP contribution is -2.26. The molecule has 2 aromatic rings. The van der Waals surface area contributed by atoms with Crippen molar-refractivity contribution in [2.24, 2.45) is 5.73 Å². The summed E-state index contributed by atoms with van der Waals surface area (Å²) in [5, 5.41) is 0. The van der Waals surface area contributed by atoms with Crippen LogP contribution in [0.15, 0.2) is 30.6 Å². The summed E-state index contributed by atoms with van der Waals surface area (Å²) in [6.45, 7) is 2.78. The molecule has 1 aromatic carbocycles. The van der Waals surface area contributed by atoms with Gasteiger partial charge in [0.25, 0.3) is 0 Å². The van der Waals surface area contributed by atoms with Crippen molar-refractivity contribution in [1.82, 2.24) is 9.55 Å². The first-order valence-corrected chi connectivity index (χ1v) is 7.36. The Morgan fingerprint density at radius 3 is 3.19 bits per heavy atom. The zero-order chi connectivity index (χ0) is 14.8. The third kappa shape index (κ3) is 3.08. The number of aromatic nitrogens is 2. The van der Waals surface area contributed by atoms with Gasteiger partial charge < -0.3 is 15.0 Å². The minimum atomic E-state index is -0.213. The number of hydrogen-bond acceptors (Lipinski definition) is 3. The molecular weight excluding hydrogens is 269 g/mol. The molecule has 0 bridgehead atoms. The largest absolute Gasteiger partial charge is 0.488 e. The van der Waals surface area contributed by atoms with E-state index in [-0.39, 0.29) is 18.0 Å². The van der Waals surface area contributed by atoms with Crippen LogP contribution in [0.3, 0.4) is 0 Å². The van der Waals surface area contributed by atoms with Gasteiger partial charge in [0.15, 0.2) is 0 Å². The molecule has 2 atom stereocenters. The van der Waals surface area contributed by atoms with Crippen molar-refractivity contribution in [2.75, 3.05) is 0 Å². The summed E-state index contributed by atoms with van der Waals surface area (Å²) in [7, 11) is 0. The van der Waals surface area contributed by atoms with Gasteiger partial charge in [0.05, 0.1) is 6.54 Å². The Balaban J connectivity index is 1.68. The third-order valence-electron chi connectivity index (χ3n) is 3.93. The highest BCUT2D eigenvalue weighted by molar-refractivity contribution is 5.37. The molecule has 112 valence electrons. The van der Waals surface area contributed by atoms with Gasteiger partial charge in [-0.15, -0.1) is 0 Å². The number of nitrogens with zero attached hydrogens (tertiary/aromatic N) is 2. The second kappa shape index (κ2) is 5.85. The van der Waals surface area contributed by atoms with Gasteiger partial charge >= 0.3 is 0 Å². The third-order valence-corrected chi connectivity index (χ3v) is 3.93. The summed E-state index contributed by atoms with van der Waals surface area (Å²) in [5.41, 5.74) is 6.94. The van der Waals surface area contributed by atoms with Gasteiger partial charge in [-0.25, -0.2) is 9.37 Å². The second-order valence-corrected chi connectivity index (χ2v) is 5.56. The van der Waals surface area contributed by atoms with Gasteiger partial charge in [0.1, 0.15) is 23.5 Å². The quantitative estimate of drug-likeness (QED) is 0.919. The Bertz CT molecular complexity index is 626. The highest BCUT2D eigenvalue weighted by atomic mass is 19.1. The summed E-state index contributed by atoms with van der Waals surface area (Å²) in [6.07, 6.45) is 6.18. The molecule has 3 rings (SSSR count). The van der Waals surface area contributed by atoms with Gasteiger partial charge in [-0.3, -0.25) is 0 Å². The molecule has 21 heavy (non-hydrogen) atoms. The van der Waals surface area contributed by atoms with Gasteiger partial charge in [0, 0.05) is 36.8 Å². The SMILES string of the molecule is CCC(N)Cc1nccn1CC1Cc2cc(F)ccc2O1. The lowest BCUT2D eigenvalue weighted by molar-refractivity contribution is 0.207. The summed E-state index contributed by atoms with van der Waals surface area (Å²) < 4.78 is 21.2. The zero-order valence-corrected chi connectivity index (χ0v) is 12.1. The molecule has 0 fully saturated rings. The molecule has 2 heterocycles. The molecule has 0 aliphatic carbocycles. The smallest absolute Gasteiger partial charge is 0.123 e. The zero-order valence-electron chi connectivity index (χ0n) is 12.1. The predicted molar refractivity (Wildman–Crippen MR) is 78.7 cm³/mol. The van der Waals surface area contributed by atoms with E-state index >= 15 is 0 Å². The van der Waals surface area contributed by atoms with Crippen molar-refractivity contribution in [3.8, 4) is 5.75 Å². The Morgan fingerprint density at radius 2 is 2.38 bits per heavy atom. The maximum absolute atomic E-state index is 13.2. The molecule has 0 radical (unpaired) electrons. The van der Waals surface area contributed by atoms with E-state index in [0.29, 0.717) is 6.54 Å². The number of fused-ring (bicyclic) bond motifs is 1. The second-order valence-electron chi connectivity index (χ2n) is 5.56. The Labute approximate surface area is 123 Å². The number of rotatable bonds is 5. The normalized spacial score (nSPS) is 18.3. The maximum atomic E-state index is 13.2. The Morgan fingerprint density at radius 1 is 1.52 bits per heavy atom. The molecular formula is C16H20FN3O. The van der Waals surface area contributed by atoms with E-state index in [1.54, 1.807) is 18.3 Å².